The lowest BCUT2D eigenvalue weighted by Gasteiger charge is -2.42. The predicted molar refractivity (Wildman–Crippen MR) is 306 cm³/mol. The van der Waals surface area contributed by atoms with Gasteiger partial charge in [-0.1, -0.05) is 56.5 Å². The summed E-state index contributed by atoms with van der Waals surface area (Å²) in [5.41, 5.74) is -2.61. The molecule has 3 aliphatic heterocycles. The number of carbonyl (C=O) groups is 7. The van der Waals surface area contributed by atoms with Gasteiger partial charge >= 0.3 is 24.5 Å². The van der Waals surface area contributed by atoms with Gasteiger partial charge in [-0.25, -0.2) is 9.59 Å². The number of nitrogens with one attached hydrogen (secondary N) is 2. The lowest BCUT2D eigenvalue weighted by atomic mass is 9.92. The molecule has 16 nitrogen and oxygen atoms in total. The number of alkyl carbamates (subject to hydrolysis) is 1. The molecule has 1 aliphatic carbocycles. The molecule has 456 valence electrons. The van der Waals surface area contributed by atoms with E-state index in [1.165, 1.54) is 25.7 Å². The molecule has 2 fully saturated rings. The van der Waals surface area contributed by atoms with Gasteiger partial charge in [0.2, 0.25) is 17.7 Å². The van der Waals surface area contributed by atoms with Gasteiger partial charge in [0.1, 0.15) is 12.2 Å². The minimum Gasteiger partial charge on any atom is -0.445 e. The van der Waals surface area contributed by atoms with Gasteiger partial charge in [-0.2, -0.15) is 26.3 Å². The number of thioether (sulfide) groups is 2. The SMILES string of the molecule is CC1Sc2cc(C(F)(F)F)c(C(=O)N(C(C)C)[C@@H]3CCCN(C(=O)OC(C)(C)C)C3)cc2N(CCNC(=O)OCc2ccccc2)C1=O.CCC(=O)NCCN1C(=O)C(C)Sc2cc(C(F)(F)F)c(C(=O)N(C(C)C)C3CCCCC3)cc21. The summed E-state index contributed by atoms with van der Waals surface area (Å²) >= 11 is 2.04. The van der Waals surface area contributed by atoms with Gasteiger partial charge in [-0.3, -0.25) is 24.0 Å². The normalized spacial score (nSPS) is 18.6. The molecule has 4 aliphatic rings. The summed E-state index contributed by atoms with van der Waals surface area (Å²) in [6.45, 7) is 18.0. The maximum Gasteiger partial charge on any atom is 0.417 e. The third-order valence-electron chi connectivity index (χ3n) is 14.5. The number of carbonyl (C=O) groups excluding carboxylic acids is 7. The van der Waals surface area contributed by atoms with Gasteiger partial charge in [-0.05, 0) is 118 Å². The van der Waals surface area contributed by atoms with Crippen LogP contribution < -0.4 is 20.4 Å². The standard InChI is InChI=1S/C34H43F3N4O6S.C25H34F3N3O3S/c1-21(2)41(24-13-10-15-39(19-24)32(45)47-33(4,5)6)30(43)25-17-27-28(18-26(25)34(35,36)37)48-22(3)29(42)40(27)16-14-38-31(44)46-20-23-11-8-7-9-12-23;1-5-22(32)29-11-12-30-20-13-18(24(34)31(15(2)3)17-9-7-6-8-10-17)19(25(26,27)28)14-21(20)35-16(4)23(30)33/h7-9,11-12,17-18,21-22,24H,10,13-16,19-20H2,1-6H3,(H,38,44);13-17H,5-12H2,1-4H3,(H,29,32)/t22?,24-;/m1./s1. The van der Waals surface area contributed by atoms with Crippen LogP contribution in [0.4, 0.5) is 47.3 Å². The highest BCUT2D eigenvalue weighted by atomic mass is 32.2. The maximum absolute atomic E-state index is 14.6. The highest BCUT2D eigenvalue weighted by Gasteiger charge is 2.44. The summed E-state index contributed by atoms with van der Waals surface area (Å²) in [6, 6.07) is 11.9. The van der Waals surface area contributed by atoms with E-state index < -0.39 is 86.8 Å². The Hall–Kier alpha value is -6.17. The average Bonchev–Trinajstić information content (AvgIpc) is 2.02. The first-order valence-corrected chi connectivity index (χ1v) is 30.0. The molecule has 3 aromatic rings. The number of benzene rings is 3. The molecule has 0 bridgehead atoms. The monoisotopic (exact) mass is 1210 g/mol. The molecule has 1 saturated carbocycles. The summed E-state index contributed by atoms with van der Waals surface area (Å²) in [6.07, 6.45) is -5.06. The van der Waals surface area contributed by atoms with Crippen molar-refractivity contribution in [2.45, 2.75) is 190 Å². The van der Waals surface area contributed by atoms with E-state index in [1.54, 1.807) is 72.4 Å². The fourth-order valence-corrected chi connectivity index (χ4v) is 12.8. The number of alkyl halides is 6. The van der Waals surface area contributed by atoms with Crippen molar-refractivity contribution in [1.82, 2.24) is 25.3 Å². The van der Waals surface area contributed by atoms with E-state index in [-0.39, 0.29) is 91.8 Å². The Morgan fingerprint density at radius 2 is 1.14 bits per heavy atom. The number of ether oxygens (including phenoxy) is 2. The van der Waals surface area contributed by atoms with Crippen molar-refractivity contribution >= 4 is 76.6 Å². The summed E-state index contributed by atoms with van der Waals surface area (Å²) in [5, 5.41) is 4.01. The third-order valence-corrected chi connectivity index (χ3v) is 16.7. The quantitative estimate of drug-likeness (QED) is 0.138. The number of fused-ring (bicyclic) bond motifs is 2. The minimum absolute atomic E-state index is 0.0405. The Labute approximate surface area is 490 Å². The smallest absolute Gasteiger partial charge is 0.417 e. The van der Waals surface area contributed by atoms with Crippen LogP contribution >= 0.6 is 23.5 Å². The fourth-order valence-electron chi connectivity index (χ4n) is 10.6. The van der Waals surface area contributed by atoms with E-state index in [9.17, 15) is 59.9 Å². The molecule has 7 rings (SSSR count). The number of halogens is 6. The van der Waals surface area contributed by atoms with Crippen LogP contribution in [-0.2, 0) is 42.8 Å². The van der Waals surface area contributed by atoms with Crippen molar-refractivity contribution in [3.8, 4) is 0 Å². The van der Waals surface area contributed by atoms with Crippen molar-refractivity contribution in [3.05, 3.63) is 82.4 Å². The zero-order valence-corrected chi connectivity index (χ0v) is 50.4. The van der Waals surface area contributed by atoms with Crippen molar-refractivity contribution < 1.29 is 69.4 Å². The molecule has 3 atom stereocenters. The van der Waals surface area contributed by atoms with Gasteiger partial charge < -0.3 is 44.6 Å². The number of likely N-dealkylation sites (tertiary alicyclic amines) is 1. The first-order chi connectivity index (χ1) is 38.9. The number of hydrogen-bond donors (Lipinski definition) is 2. The van der Waals surface area contributed by atoms with E-state index in [2.05, 4.69) is 10.6 Å². The largest absolute Gasteiger partial charge is 0.445 e. The van der Waals surface area contributed by atoms with E-state index in [0.29, 0.717) is 24.3 Å². The van der Waals surface area contributed by atoms with Crippen molar-refractivity contribution in [3.63, 3.8) is 0 Å². The van der Waals surface area contributed by atoms with E-state index in [0.717, 1.165) is 79.4 Å². The van der Waals surface area contributed by atoms with Crippen LogP contribution in [0.2, 0.25) is 0 Å². The second-order valence-corrected chi connectivity index (χ2v) is 25.3. The molecule has 7 amide bonds. The lowest BCUT2D eigenvalue weighted by molar-refractivity contribution is -0.139. The van der Waals surface area contributed by atoms with Gasteiger partial charge in [0, 0.05) is 73.6 Å². The van der Waals surface area contributed by atoms with Crippen LogP contribution in [0, 0.1) is 0 Å². The van der Waals surface area contributed by atoms with Gasteiger partial charge in [0.25, 0.3) is 11.8 Å². The Balaban J connectivity index is 0.000000280. The Kier molecular flexibility index (Phi) is 22.4. The number of rotatable bonds is 15. The molecular weight excluding hydrogens is 1130 g/mol. The highest BCUT2D eigenvalue weighted by molar-refractivity contribution is 8.01. The average molecular weight is 1210 g/mol. The van der Waals surface area contributed by atoms with Crippen LogP contribution in [-0.4, -0.2) is 136 Å². The Bertz CT molecular complexity index is 2830. The lowest BCUT2D eigenvalue weighted by Crippen LogP contribution is -2.54. The van der Waals surface area contributed by atoms with Crippen molar-refractivity contribution in [2.75, 3.05) is 49.1 Å². The van der Waals surface area contributed by atoms with Crippen LogP contribution in [0.5, 0.6) is 0 Å². The topological polar surface area (TPSA) is 178 Å². The van der Waals surface area contributed by atoms with Crippen LogP contribution in [0.1, 0.15) is 158 Å². The van der Waals surface area contributed by atoms with Crippen LogP contribution in [0.3, 0.4) is 0 Å². The Morgan fingerprint density at radius 1 is 0.675 bits per heavy atom. The number of piperidine rings is 1. The molecule has 24 heteroatoms. The molecule has 2 N–H and O–H groups in total. The van der Waals surface area contributed by atoms with Gasteiger partial charge in [0.05, 0.1) is 50.2 Å². The third kappa shape index (κ3) is 17.0. The summed E-state index contributed by atoms with van der Waals surface area (Å²) in [4.78, 5) is 98.6. The molecule has 0 spiro atoms. The van der Waals surface area contributed by atoms with Gasteiger partial charge in [0.15, 0.2) is 0 Å². The second-order valence-electron chi connectivity index (χ2n) is 22.5. The molecule has 3 heterocycles. The number of amides is 7. The van der Waals surface area contributed by atoms with E-state index >= 15 is 0 Å². The molecule has 3 aromatic carbocycles. The predicted octanol–water partition coefficient (Wildman–Crippen LogP) is 12.0. The highest BCUT2D eigenvalue weighted by Crippen LogP contribution is 2.47. The zero-order chi connectivity index (χ0) is 61.3. The molecule has 83 heavy (non-hydrogen) atoms. The summed E-state index contributed by atoms with van der Waals surface area (Å²) in [7, 11) is 0. The molecule has 0 radical (unpaired) electrons. The maximum atomic E-state index is 14.6. The molecule has 1 saturated heterocycles. The van der Waals surface area contributed by atoms with Gasteiger partial charge in [-0.15, -0.1) is 23.5 Å². The van der Waals surface area contributed by atoms with Crippen molar-refractivity contribution in [2.24, 2.45) is 0 Å². The summed E-state index contributed by atoms with van der Waals surface area (Å²) < 4.78 is 97.0. The van der Waals surface area contributed by atoms with Crippen LogP contribution in [0.15, 0.2) is 64.4 Å². The first kappa shape index (κ1) is 66.0. The number of hydrogen-bond acceptors (Lipinski definition) is 11. The summed E-state index contributed by atoms with van der Waals surface area (Å²) in [5.74, 6) is -2.32. The first-order valence-electron chi connectivity index (χ1n) is 28.2. The van der Waals surface area contributed by atoms with E-state index in [4.69, 9.17) is 9.47 Å². The Morgan fingerprint density at radius 3 is 1.60 bits per heavy atom. The fraction of sp³-hybridized carbons (Fsp3) is 0.576. The molecular formula is C59H77F6N7O9S2. The minimum atomic E-state index is -4.86. The number of nitrogens with zero attached hydrogens (tertiary/aromatic N) is 5. The van der Waals surface area contributed by atoms with E-state index in [1.807, 2.05) is 32.0 Å². The molecule has 2 unspecified atom stereocenters. The van der Waals surface area contributed by atoms with Crippen LogP contribution in [0.25, 0.3) is 0 Å². The zero-order valence-electron chi connectivity index (χ0n) is 48.8. The van der Waals surface area contributed by atoms with Crippen molar-refractivity contribution in [1.29, 1.82) is 0 Å². The number of anilines is 2. The molecule has 0 aromatic heterocycles. The second kappa shape index (κ2) is 28.1.